The maximum atomic E-state index is 11.2. The van der Waals surface area contributed by atoms with E-state index in [4.69, 9.17) is 0 Å². The summed E-state index contributed by atoms with van der Waals surface area (Å²) in [5.41, 5.74) is 1.77. The summed E-state index contributed by atoms with van der Waals surface area (Å²) in [5.74, 6) is -0.541. The normalized spacial score (nSPS) is 11.9. The Hall–Kier alpha value is -1.57. The molecule has 1 aromatic rings. The van der Waals surface area contributed by atoms with Crippen molar-refractivity contribution in [3.63, 3.8) is 0 Å². The first kappa shape index (κ1) is 10.5. The number of hydrogen-bond donors (Lipinski definition) is 0. The number of hydrogen-bond acceptors (Lipinski definition) is 2. The van der Waals surface area contributed by atoms with Crippen LogP contribution in [0.25, 0.3) is 5.57 Å². The van der Waals surface area contributed by atoms with Crippen LogP contribution in [0.4, 0.5) is 0 Å². The van der Waals surface area contributed by atoms with Crippen LogP contribution in [0.15, 0.2) is 36.9 Å². The third-order valence-electron chi connectivity index (χ3n) is 2.22. The molecule has 0 aliphatic heterocycles. The summed E-state index contributed by atoms with van der Waals surface area (Å²) in [7, 11) is 1.39. The molecule has 0 spiro atoms. The molecule has 14 heavy (non-hydrogen) atoms. The molecule has 0 aliphatic rings. The highest BCUT2D eigenvalue weighted by molar-refractivity contribution is 5.87. The molecule has 0 heterocycles. The molecule has 0 aliphatic carbocycles. The lowest BCUT2D eigenvalue weighted by molar-refractivity contribution is -0.142. The number of rotatable bonds is 3. The predicted octanol–water partition coefficient (Wildman–Crippen LogP) is 2.51. The molecule has 0 radical (unpaired) electrons. The van der Waals surface area contributed by atoms with Gasteiger partial charge < -0.3 is 4.74 Å². The van der Waals surface area contributed by atoms with Crippen LogP contribution >= 0.6 is 0 Å². The van der Waals surface area contributed by atoms with Crippen molar-refractivity contribution in [2.24, 2.45) is 5.92 Å². The van der Waals surface area contributed by atoms with Gasteiger partial charge in [0.25, 0.3) is 0 Å². The number of methoxy groups -OCH3 is 1. The van der Waals surface area contributed by atoms with Gasteiger partial charge in [-0.2, -0.15) is 0 Å². The Morgan fingerprint density at radius 1 is 1.36 bits per heavy atom. The molecule has 0 fully saturated rings. The molecule has 1 unspecified atom stereocenters. The molecule has 1 rings (SSSR count). The Morgan fingerprint density at radius 3 is 2.43 bits per heavy atom. The molecular formula is C12H14O2. The van der Waals surface area contributed by atoms with Crippen LogP contribution in [0.1, 0.15) is 12.5 Å². The summed E-state index contributed by atoms with van der Waals surface area (Å²) in [4.78, 5) is 11.2. The van der Waals surface area contributed by atoms with Gasteiger partial charge >= 0.3 is 5.97 Å². The van der Waals surface area contributed by atoms with Crippen molar-refractivity contribution >= 4 is 11.5 Å². The van der Waals surface area contributed by atoms with Gasteiger partial charge in [-0.3, -0.25) is 4.79 Å². The van der Waals surface area contributed by atoms with Crippen molar-refractivity contribution in [3.05, 3.63) is 42.5 Å². The fourth-order valence-electron chi connectivity index (χ4n) is 1.22. The maximum absolute atomic E-state index is 11.2. The fourth-order valence-corrected chi connectivity index (χ4v) is 1.22. The van der Waals surface area contributed by atoms with Gasteiger partial charge in [0, 0.05) is 0 Å². The average molecular weight is 190 g/mol. The zero-order valence-corrected chi connectivity index (χ0v) is 8.49. The second kappa shape index (κ2) is 4.61. The number of esters is 1. The third-order valence-corrected chi connectivity index (χ3v) is 2.22. The lowest BCUT2D eigenvalue weighted by Gasteiger charge is -2.12. The van der Waals surface area contributed by atoms with Gasteiger partial charge in [0.2, 0.25) is 0 Å². The van der Waals surface area contributed by atoms with E-state index in [1.54, 1.807) is 6.92 Å². The molecule has 2 nitrogen and oxygen atoms in total. The summed E-state index contributed by atoms with van der Waals surface area (Å²) >= 11 is 0. The SMILES string of the molecule is C=C(c1ccccc1)C(C)C(=O)OC. The molecule has 2 heteroatoms. The molecule has 1 aromatic carbocycles. The summed E-state index contributed by atoms with van der Waals surface area (Å²) < 4.78 is 4.65. The number of carbonyl (C=O) groups excluding carboxylic acids is 1. The molecular weight excluding hydrogens is 176 g/mol. The Bertz CT molecular complexity index is 327. The van der Waals surface area contributed by atoms with E-state index in [2.05, 4.69) is 11.3 Å². The maximum Gasteiger partial charge on any atom is 0.312 e. The van der Waals surface area contributed by atoms with Crippen LogP contribution in [-0.4, -0.2) is 13.1 Å². The van der Waals surface area contributed by atoms with Crippen LogP contribution in [0.2, 0.25) is 0 Å². The van der Waals surface area contributed by atoms with Gasteiger partial charge in [0.15, 0.2) is 0 Å². The molecule has 74 valence electrons. The van der Waals surface area contributed by atoms with E-state index in [-0.39, 0.29) is 11.9 Å². The third kappa shape index (κ3) is 2.22. The Labute approximate surface area is 84.2 Å². The van der Waals surface area contributed by atoms with Crippen molar-refractivity contribution in [1.29, 1.82) is 0 Å². The van der Waals surface area contributed by atoms with Crippen molar-refractivity contribution in [2.75, 3.05) is 7.11 Å². The van der Waals surface area contributed by atoms with Gasteiger partial charge in [-0.15, -0.1) is 0 Å². The van der Waals surface area contributed by atoms with Crippen LogP contribution in [0.5, 0.6) is 0 Å². The highest BCUT2D eigenvalue weighted by Gasteiger charge is 2.17. The molecule has 1 atom stereocenters. The van der Waals surface area contributed by atoms with E-state index in [9.17, 15) is 4.79 Å². The summed E-state index contributed by atoms with van der Waals surface area (Å²) in [5, 5.41) is 0. The lowest BCUT2D eigenvalue weighted by atomic mass is 9.96. The van der Waals surface area contributed by atoms with Crippen molar-refractivity contribution < 1.29 is 9.53 Å². The highest BCUT2D eigenvalue weighted by Crippen LogP contribution is 2.21. The van der Waals surface area contributed by atoms with Crippen molar-refractivity contribution in [3.8, 4) is 0 Å². The van der Waals surface area contributed by atoms with E-state index in [0.717, 1.165) is 11.1 Å². The zero-order valence-electron chi connectivity index (χ0n) is 8.49. The van der Waals surface area contributed by atoms with E-state index >= 15 is 0 Å². The number of carbonyl (C=O) groups is 1. The van der Waals surface area contributed by atoms with Crippen LogP contribution in [0.3, 0.4) is 0 Å². The number of ether oxygens (including phenoxy) is 1. The largest absolute Gasteiger partial charge is 0.469 e. The first-order valence-electron chi connectivity index (χ1n) is 4.49. The molecule has 0 bridgehead atoms. The monoisotopic (exact) mass is 190 g/mol. The van der Waals surface area contributed by atoms with Crippen LogP contribution < -0.4 is 0 Å². The molecule has 0 aromatic heterocycles. The van der Waals surface area contributed by atoms with E-state index in [0.29, 0.717) is 0 Å². The van der Waals surface area contributed by atoms with E-state index in [1.165, 1.54) is 7.11 Å². The van der Waals surface area contributed by atoms with Gasteiger partial charge in [-0.25, -0.2) is 0 Å². The minimum absolute atomic E-state index is 0.251. The second-order valence-electron chi connectivity index (χ2n) is 3.14. The summed E-state index contributed by atoms with van der Waals surface area (Å²) in [6.45, 7) is 5.69. The lowest BCUT2D eigenvalue weighted by Crippen LogP contribution is -2.13. The van der Waals surface area contributed by atoms with E-state index in [1.807, 2.05) is 30.3 Å². The fraction of sp³-hybridized carbons (Fsp3) is 0.250. The summed E-state index contributed by atoms with van der Waals surface area (Å²) in [6.07, 6.45) is 0. The highest BCUT2D eigenvalue weighted by atomic mass is 16.5. The Morgan fingerprint density at radius 2 is 1.93 bits per heavy atom. The standard InChI is InChI=1S/C12H14O2/c1-9(10(2)12(13)14-3)11-7-5-4-6-8-11/h4-8,10H,1H2,2-3H3. The Kier molecular flexibility index (Phi) is 3.46. The molecule has 0 saturated carbocycles. The van der Waals surface area contributed by atoms with Crippen molar-refractivity contribution in [2.45, 2.75) is 6.92 Å². The number of benzene rings is 1. The first-order valence-corrected chi connectivity index (χ1v) is 4.49. The minimum Gasteiger partial charge on any atom is -0.469 e. The second-order valence-corrected chi connectivity index (χ2v) is 3.14. The first-order chi connectivity index (χ1) is 6.66. The Balaban J connectivity index is 2.81. The van der Waals surface area contributed by atoms with Crippen molar-refractivity contribution in [1.82, 2.24) is 0 Å². The average Bonchev–Trinajstić information content (AvgIpc) is 2.27. The van der Waals surface area contributed by atoms with E-state index < -0.39 is 0 Å². The molecule has 0 N–H and O–H groups in total. The van der Waals surface area contributed by atoms with Gasteiger partial charge in [-0.05, 0) is 18.1 Å². The van der Waals surface area contributed by atoms with Crippen LogP contribution in [-0.2, 0) is 9.53 Å². The molecule has 0 saturated heterocycles. The quantitative estimate of drug-likeness (QED) is 0.684. The molecule has 0 amide bonds. The van der Waals surface area contributed by atoms with Gasteiger partial charge in [-0.1, -0.05) is 36.9 Å². The minimum atomic E-state index is -0.289. The van der Waals surface area contributed by atoms with Crippen LogP contribution in [0, 0.1) is 5.92 Å². The van der Waals surface area contributed by atoms with Gasteiger partial charge in [0.05, 0.1) is 13.0 Å². The topological polar surface area (TPSA) is 26.3 Å². The zero-order chi connectivity index (χ0) is 10.6. The summed E-state index contributed by atoms with van der Waals surface area (Å²) in [6, 6.07) is 9.64. The predicted molar refractivity (Wildman–Crippen MR) is 56.7 cm³/mol. The smallest absolute Gasteiger partial charge is 0.312 e. The van der Waals surface area contributed by atoms with Gasteiger partial charge in [0.1, 0.15) is 0 Å².